The molecule has 0 aliphatic heterocycles. The molecule has 0 saturated heterocycles. The van der Waals surface area contributed by atoms with Crippen molar-refractivity contribution < 1.29 is 8.42 Å². The van der Waals surface area contributed by atoms with Crippen molar-refractivity contribution in [3.63, 3.8) is 0 Å². The molecule has 1 N–H and O–H groups in total. The SMILES string of the molecule is CCS(=O)(=O)c1ccc(C)cc1CNC. The number of benzene rings is 1. The van der Waals surface area contributed by atoms with Gasteiger partial charge < -0.3 is 5.32 Å². The van der Waals surface area contributed by atoms with Gasteiger partial charge in [-0.25, -0.2) is 8.42 Å². The highest BCUT2D eigenvalue weighted by Crippen LogP contribution is 2.18. The van der Waals surface area contributed by atoms with Crippen LogP contribution >= 0.6 is 0 Å². The molecule has 15 heavy (non-hydrogen) atoms. The maximum atomic E-state index is 11.8. The van der Waals surface area contributed by atoms with E-state index in [2.05, 4.69) is 5.32 Å². The van der Waals surface area contributed by atoms with Gasteiger partial charge in [0.15, 0.2) is 9.84 Å². The lowest BCUT2D eigenvalue weighted by molar-refractivity contribution is 0.595. The summed E-state index contributed by atoms with van der Waals surface area (Å²) in [6, 6.07) is 5.45. The average Bonchev–Trinajstić information content (AvgIpc) is 2.18. The second kappa shape index (κ2) is 4.77. The van der Waals surface area contributed by atoms with Gasteiger partial charge in [0.05, 0.1) is 10.6 Å². The first-order valence-electron chi connectivity index (χ1n) is 4.98. The summed E-state index contributed by atoms with van der Waals surface area (Å²) in [6.45, 7) is 4.20. The van der Waals surface area contributed by atoms with Crippen LogP contribution in [0.25, 0.3) is 0 Å². The summed E-state index contributed by atoms with van der Waals surface area (Å²) in [5.41, 5.74) is 1.93. The van der Waals surface area contributed by atoms with Gasteiger partial charge in [-0.15, -0.1) is 0 Å². The molecule has 1 aromatic rings. The van der Waals surface area contributed by atoms with Crippen LogP contribution in [0.4, 0.5) is 0 Å². The Morgan fingerprint density at radius 3 is 2.53 bits per heavy atom. The summed E-state index contributed by atoms with van der Waals surface area (Å²) in [6.07, 6.45) is 0. The second-order valence-corrected chi connectivity index (χ2v) is 5.79. The highest BCUT2D eigenvalue weighted by atomic mass is 32.2. The molecule has 0 saturated carbocycles. The molecule has 3 nitrogen and oxygen atoms in total. The molecule has 1 aromatic carbocycles. The van der Waals surface area contributed by atoms with Crippen LogP contribution in [-0.2, 0) is 16.4 Å². The molecule has 0 aliphatic rings. The Morgan fingerprint density at radius 2 is 2.00 bits per heavy atom. The minimum atomic E-state index is -3.11. The molecule has 0 fully saturated rings. The van der Waals surface area contributed by atoms with Crippen LogP contribution in [0.3, 0.4) is 0 Å². The van der Waals surface area contributed by atoms with Crippen LogP contribution in [0, 0.1) is 6.92 Å². The van der Waals surface area contributed by atoms with E-state index in [9.17, 15) is 8.42 Å². The van der Waals surface area contributed by atoms with Crippen molar-refractivity contribution in [2.24, 2.45) is 0 Å². The van der Waals surface area contributed by atoms with Crippen molar-refractivity contribution in [3.8, 4) is 0 Å². The minimum absolute atomic E-state index is 0.146. The lowest BCUT2D eigenvalue weighted by Crippen LogP contribution is -2.12. The number of nitrogens with one attached hydrogen (secondary N) is 1. The third kappa shape index (κ3) is 2.79. The molecule has 0 spiro atoms. The first-order valence-corrected chi connectivity index (χ1v) is 6.63. The third-order valence-electron chi connectivity index (χ3n) is 2.30. The highest BCUT2D eigenvalue weighted by molar-refractivity contribution is 7.91. The molecule has 0 aliphatic carbocycles. The fraction of sp³-hybridized carbons (Fsp3) is 0.455. The predicted molar refractivity (Wildman–Crippen MR) is 61.7 cm³/mol. The van der Waals surface area contributed by atoms with Crippen LogP contribution in [-0.4, -0.2) is 21.2 Å². The normalized spacial score (nSPS) is 11.7. The zero-order valence-electron chi connectivity index (χ0n) is 9.37. The van der Waals surface area contributed by atoms with Crippen LogP contribution in [0.5, 0.6) is 0 Å². The highest BCUT2D eigenvalue weighted by Gasteiger charge is 2.15. The second-order valence-electron chi connectivity index (χ2n) is 3.54. The Hall–Kier alpha value is -0.870. The Bertz CT molecular complexity index is 438. The van der Waals surface area contributed by atoms with Gasteiger partial charge in [-0.1, -0.05) is 24.6 Å². The average molecular weight is 227 g/mol. The van der Waals surface area contributed by atoms with Crippen LogP contribution in [0.2, 0.25) is 0 Å². The lowest BCUT2D eigenvalue weighted by Gasteiger charge is -2.09. The van der Waals surface area contributed by atoms with Gasteiger partial charge in [0.1, 0.15) is 0 Å². The van der Waals surface area contributed by atoms with Crippen LogP contribution < -0.4 is 5.32 Å². The van der Waals surface area contributed by atoms with Gasteiger partial charge in [0, 0.05) is 6.54 Å². The molecule has 0 bridgehead atoms. The Morgan fingerprint density at radius 1 is 1.33 bits per heavy atom. The van der Waals surface area contributed by atoms with E-state index in [1.165, 1.54) is 0 Å². The Kier molecular flexibility index (Phi) is 3.88. The number of hydrogen-bond acceptors (Lipinski definition) is 3. The summed E-state index contributed by atoms with van der Waals surface area (Å²) < 4.78 is 23.6. The summed E-state index contributed by atoms with van der Waals surface area (Å²) in [7, 11) is -1.30. The number of sulfone groups is 1. The van der Waals surface area contributed by atoms with Gasteiger partial charge in [-0.2, -0.15) is 0 Å². The molecule has 84 valence electrons. The molecule has 0 amide bonds. The van der Waals surface area contributed by atoms with E-state index < -0.39 is 9.84 Å². The summed E-state index contributed by atoms with van der Waals surface area (Å²) in [5.74, 6) is 0.146. The van der Waals surface area contributed by atoms with Crippen LogP contribution in [0.1, 0.15) is 18.1 Å². The molecule has 0 radical (unpaired) electrons. The van der Waals surface area contributed by atoms with Crippen molar-refractivity contribution >= 4 is 9.84 Å². The quantitative estimate of drug-likeness (QED) is 0.848. The van der Waals surface area contributed by atoms with Gasteiger partial charge >= 0.3 is 0 Å². The fourth-order valence-corrected chi connectivity index (χ4v) is 2.61. The maximum Gasteiger partial charge on any atom is 0.178 e. The van der Waals surface area contributed by atoms with E-state index >= 15 is 0 Å². The molecule has 1 rings (SSSR count). The zero-order chi connectivity index (χ0) is 11.5. The summed E-state index contributed by atoms with van der Waals surface area (Å²) in [5, 5.41) is 2.98. The predicted octanol–water partition coefficient (Wildman–Crippen LogP) is 1.51. The molecule has 0 atom stereocenters. The van der Waals surface area contributed by atoms with E-state index in [1.54, 1.807) is 13.0 Å². The van der Waals surface area contributed by atoms with Crippen molar-refractivity contribution in [2.45, 2.75) is 25.3 Å². The third-order valence-corrected chi connectivity index (χ3v) is 4.13. The summed E-state index contributed by atoms with van der Waals surface area (Å²) >= 11 is 0. The first-order chi connectivity index (χ1) is 7.01. The molecular formula is C11H17NO2S. The Balaban J connectivity index is 3.29. The minimum Gasteiger partial charge on any atom is -0.316 e. The molecule has 0 unspecified atom stereocenters. The molecule has 0 heterocycles. The van der Waals surface area contributed by atoms with E-state index in [0.29, 0.717) is 11.4 Å². The van der Waals surface area contributed by atoms with Crippen LogP contribution in [0.15, 0.2) is 23.1 Å². The molecule has 4 heteroatoms. The number of hydrogen-bond donors (Lipinski definition) is 1. The number of aryl methyl sites for hydroxylation is 1. The monoisotopic (exact) mass is 227 g/mol. The first kappa shape index (κ1) is 12.2. The van der Waals surface area contributed by atoms with E-state index in [1.807, 2.05) is 26.1 Å². The Labute approximate surface area is 91.4 Å². The van der Waals surface area contributed by atoms with E-state index in [0.717, 1.165) is 11.1 Å². The zero-order valence-corrected chi connectivity index (χ0v) is 10.2. The van der Waals surface area contributed by atoms with Crippen molar-refractivity contribution in [3.05, 3.63) is 29.3 Å². The van der Waals surface area contributed by atoms with Crippen molar-refractivity contribution in [1.29, 1.82) is 0 Å². The van der Waals surface area contributed by atoms with Gasteiger partial charge in [0.25, 0.3) is 0 Å². The van der Waals surface area contributed by atoms with E-state index in [-0.39, 0.29) is 5.75 Å². The van der Waals surface area contributed by atoms with Crippen molar-refractivity contribution in [2.75, 3.05) is 12.8 Å². The largest absolute Gasteiger partial charge is 0.316 e. The smallest absolute Gasteiger partial charge is 0.178 e. The lowest BCUT2D eigenvalue weighted by atomic mass is 10.1. The molecule has 0 aromatic heterocycles. The molecular weight excluding hydrogens is 210 g/mol. The topological polar surface area (TPSA) is 46.2 Å². The maximum absolute atomic E-state index is 11.8. The summed E-state index contributed by atoms with van der Waals surface area (Å²) in [4.78, 5) is 0.449. The standard InChI is InChI=1S/C11H17NO2S/c1-4-15(13,14)11-6-5-9(2)7-10(11)8-12-3/h5-7,12H,4,8H2,1-3H3. The fourth-order valence-electron chi connectivity index (χ4n) is 1.50. The van der Waals surface area contributed by atoms with Gasteiger partial charge in [0.2, 0.25) is 0 Å². The van der Waals surface area contributed by atoms with Gasteiger partial charge in [-0.05, 0) is 25.6 Å². The van der Waals surface area contributed by atoms with E-state index in [4.69, 9.17) is 0 Å². The van der Waals surface area contributed by atoms with Gasteiger partial charge in [-0.3, -0.25) is 0 Å². The number of rotatable bonds is 4. The van der Waals surface area contributed by atoms with Crippen molar-refractivity contribution in [1.82, 2.24) is 5.32 Å².